The summed E-state index contributed by atoms with van der Waals surface area (Å²) in [4.78, 5) is 0. The van der Waals surface area contributed by atoms with Gasteiger partial charge in [-0.15, -0.1) is 0 Å². The molecule has 3 nitrogen and oxygen atoms in total. The van der Waals surface area contributed by atoms with Crippen LogP contribution in [0.15, 0.2) is 46.8 Å². The number of anilines is 1. The predicted molar refractivity (Wildman–Crippen MR) is 75.7 cm³/mol. The first-order chi connectivity index (χ1) is 9.92. The van der Waals surface area contributed by atoms with Crippen LogP contribution in [0.1, 0.15) is 0 Å². The molecule has 1 aliphatic carbocycles. The lowest BCUT2D eigenvalue weighted by Gasteiger charge is -2.33. The van der Waals surface area contributed by atoms with Crippen LogP contribution in [0.5, 0.6) is 0 Å². The topological polar surface area (TPSA) is 59.6 Å². The zero-order valence-electron chi connectivity index (χ0n) is 10.4. The maximum Gasteiger partial charge on any atom is 0.239 e. The van der Waals surface area contributed by atoms with E-state index >= 15 is 4.39 Å². The molecule has 1 N–H and O–H groups in total. The maximum atomic E-state index is 15.0. The molecule has 2 atom stereocenters. The summed E-state index contributed by atoms with van der Waals surface area (Å²) in [6.45, 7) is 0. The van der Waals surface area contributed by atoms with Crippen molar-refractivity contribution in [2.45, 2.75) is 5.79 Å². The van der Waals surface area contributed by atoms with Gasteiger partial charge in [-0.05, 0) is 30.3 Å². The van der Waals surface area contributed by atoms with Crippen LogP contribution in [0.3, 0.4) is 0 Å². The second kappa shape index (κ2) is 5.73. The second-order valence-electron chi connectivity index (χ2n) is 4.27. The molecule has 0 spiro atoms. The zero-order valence-corrected chi connectivity index (χ0v) is 11.9. The summed E-state index contributed by atoms with van der Waals surface area (Å²) in [6, 6.07) is 8.96. The SMILES string of the molecule is N#CC1=C(F)C(C#N)C(F)(Nc2ccc(Cl)cc2)C(Cl)=C1. The van der Waals surface area contributed by atoms with E-state index in [0.717, 1.165) is 6.08 Å². The monoisotopic (exact) mass is 325 g/mol. The molecule has 0 fully saturated rings. The van der Waals surface area contributed by atoms with E-state index in [0.29, 0.717) is 5.02 Å². The highest BCUT2D eigenvalue weighted by Gasteiger charge is 2.49. The summed E-state index contributed by atoms with van der Waals surface area (Å²) in [5, 5.41) is 20.1. The van der Waals surface area contributed by atoms with E-state index in [4.69, 9.17) is 33.7 Å². The van der Waals surface area contributed by atoms with Crippen LogP contribution in [-0.4, -0.2) is 5.79 Å². The van der Waals surface area contributed by atoms with Crippen LogP contribution < -0.4 is 5.32 Å². The summed E-state index contributed by atoms with van der Waals surface area (Å²) in [7, 11) is 0. The number of rotatable bonds is 2. The van der Waals surface area contributed by atoms with E-state index in [2.05, 4.69) is 5.32 Å². The third kappa shape index (κ3) is 2.71. The fourth-order valence-corrected chi connectivity index (χ4v) is 2.27. The lowest BCUT2D eigenvalue weighted by Crippen LogP contribution is -2.43. The summed E-state index contributed by atoms with van der Waals surface area (Å²) in [5.41, 5.74) is -0.195. The van der Waals surface area contributed by atoms with Gasteiger partial charge in [0, 0.05) is 10.7 Å². The minimum absolute atomic E-state index is 0.266. The van der Waals surface area contributed by atoms with E-state index in [1.807, 2.05) is 0 Å². The number of hydrogen-bond donors (Lipinski definition) is 1. The first-order valence-corrected chi connectivity index (χ1v) is 6.47. The van der Waals surface area contributed by atoms with Gasteiger partial charge in [0.1, 0.15) is 11.9 Å². The Morgan fingerprint density at radius 2 is 1.81 bits per heavy atom. The Morgan fingerprint density at radius 1 is 1.19 bits per heavy atom. The average molecular weight is 326 g/mol. The molecule has 1 aromatic rings. The number of halogens is 4. The van der Waals surface area contributed by atoms with Gasteiger partial charge in [-0.3, -0.25) is 0 Å². The Labute approximate surface area is 129 Å². The summed E-state index contributed by atoms with van der Waals surface area (Å²) < 4.78 is 29.0. The van der Waals surface area contributed by atoms with Crippen molar-refractivity contribution in [2.24, 2.45) is 5.92 Å². The highest BCUT2D eigenvalue weighted by Crippen LogP contribution is 2.43. The van der Waals surface area contributed by atoms with E-state index < -0.39 is 28.1 Å². The second-order valence-corrected chi connectivity index (χ2v) is 5.12. The van der Waals surface area contributed by atoms with Gasteiger partial charge in [-0.1, -0.05) is 23.2 Å². The van der Waals surface area contributed by atoms with E-state index in [9.17, 15) is 4.39 Å². The molecule has 0 saturated heterocycles. The van der Waals surface area contributed by atoms with Crippen LogP contribution in [-0.2, 0) is 0 Å². The van der Waals surface area contributed by atoms with Gasteiger partial charge in [0.2, 0.25) is 5.79 Å². The molecular formula is C14H7Cl2F2N3. The molecule has 2 rings (SSSR count). The lowest BCUT2D eigenvalue weighted by atomic mass is 9.88. The van der Waals surface area contributed by atoms with Gasteiger partial charge in [0.25, 0.3) is 0 Å². The Bertz CT molecular complexity index is 713. The van der Waals surface area contributed by atoms with Gasteiger partial charge in [-0.25, -0.2) is 8.78 Å². The third-order valence-corrected chi connectivity index (χ3v) is 3.58. The van der Waals surface area contributed by atoms with Gasteiger partial charge >= 0.3 is 0 Å². The number of nitriles is 2. The third-order valence-electron chi connectivity index (χ3n) is 2.95. The molecule has 0 amide bonds. The molecule has 0 radical (unpaired) electrons. The lowest BCUT2D eigenvalue weighted by molar-refractivity contribution is 0.199. The van der Waals surface area contributed by atoms with Gasteiger partial charge in [-0.2, -0.15) is 10.5 Å². The Kier molecular flexibility index (Phi) is 4.18. The predicted octanol–water partition coefficient (Wildman–Crippen LogP) is 4.44. The van der Waals surface area contributed by atoms with Crippen molar-refractivity contribution in [3.8, 4) is 12.1 Å². The normalized spacial score (nSPS) is 24.9. The van der Waals surface area contributed by atoms with Crippen LogP contribution in [0.2, 0.25) is 5.02 Å². The van der Waals surface area contributed by atoms with Crippen LogP contribution in [0.4, 0.5) is 14.5 Å². The van der Waals surface area contributed by atoms with E-state index in [-0.39, 0.29) is 5.69 Å². The number of allylic oxidation sites excluding steroid dienone is 2. The summed E-state index contributed by atoms with van der Waals surface area (Å²) >= 11 is 11.5. The van der Waals surface area contributed by atoms with Crippen LogP contribution in [0, 0.1) is 28.6 Å². The smallest absolute Gasteiger partial charge is 0.239 e. The Balaban J connectivity index is 2.44. The molecule has 1 aliphatic rings. The number of hydrogen-bond acceptors (Lipinski definition) is 3. The van der Waals surface area contributed by atoms with E-state index in [1.54, 1.807) is 0 Å². The maximum absolute atomic E-state index is 15.0. The van der Waals surface area contributed by atoms with Gasteiger partial charge in [0.05, 0.1) is 16.7 Å². The molecule has 1 aromatic carbocycles. The molecule has 7 heteroatoms. The molecule has 106 valence electrons. The summed E-state index contributed by atoms with van der Waals surface area (Å²) in [6.07, 6.45) is 0.869. The van der Waals surface area contributed by atoms with Crippen molar-refractivity contribution < 1.29 is 8.78 Å². The number of nitrogens with one attached hydrogen (secondary N) is 1. The first kappa shape index (κ1) is 15.3. The van der Waals surface area contributed by atoms with E-state index in [1.165, 1.54) is 36.4 Å². The molecule has 0 aliphatic heterocycles. The van der Waals surface area contributed by atoms with Crippen molar-refractivity contribution in [3.63, 3.8) is 0 Å². The zero-order chi connectivity index (χ0) is 15.6. The van der Waals surface area contributed by atoms with Gasteiger partial charge in [0.15, 0.2) is 5.92 Å². The molecule has 0 aromatic heterocycles. The number of benzene rings is 1. The highest BCUT2D eigenvalue weighted by atomic mass is 35.5. The van der Waals surface area contributed by atoms with Gasteiger partial charge < -0.3 is 5.32 Å². The molecule has 2 unspecified atom stereocenters. The minimum atomic E-state index is -2.66. The van der Waals surface area contributed by atoms with Crippen LogP contribution >= 0.6 is 23.2 Å². The fraction of sp³-hybridized carbons (Fsp3) is 0.143. The van der Waals surface area contributed by atoms with Crippen molar-refractivity contribution in [3.05, 3.63) is 51.8 Å². The van der Waals surface area contributed by atoms with Crippen LogP contribution in [0.25, 0.3) is 0 Å². The fourth-order valence-electron chi connectivity index (χ4n) is 1.88. The number of nitrogens with zero attached hydrogens (tertiary/aromatic N) is 2. The standard InChI is InChI=1S/C14H7Cl2F2N3/c15-9-1-3-10(4-2-9)21-14(18)11(7-20)13(17)8(6-19)5-12(14)16/h1-5,11,21H. The molecule has 0 heterocycles. The molecule has 0 saturated carbocycles. The quantitative estimate of drug-likeness (QED) is 0.817. The average Bonchev–Trinajstić information content (AvgIpc) is 2.46. The van der Waals surface area contributed by atoms with Crippen molar-refractivity contribution in [2.75, 3.05) is 5.32 Å². The summed E-state index contributed by atoms with van der Waals surface area (Å²) in [5.74, 6) is -5.68. The first-order valence-electron chi connectivity index (χ1n) is 5.72. The number of alkyl halides is 1. The van der Waals surface area contributed by atoms with Crippen molar-refractivity contribution >= 4 is 28.9 Å². The van der Waals surface area contributed by atoms with Crippen molar-refractivity contribution in [1.82, 2.24) is 0 Å². The highest BCUT2D eigenvalue weighted by molar-refractivity contribution is 6.31. The Morgan fingerprint density at radius 3 is 2.33 bits per heavy atom. The van der Waals surface area contributed by atoms with Crippen molar-refractivity contribution in [1.29, 1.82) is 10.5 Å². The minimum Gasteiger partial charge on any atom is -0.348 e. The largest absolute Gasteiger partial charge is 0.348 e. The molecule has 0 bridgehead atoms. The Hall–Kier alpha value is -2.08. The molecular weight excluding hydrogens is 319 g/mol. The molecule has 21 heavy (non-hydrogen) atoms.